The van der Waals surface area contributed by atoms with Gasteiger partial charge >= 0.3 is 0 Å². The molecule has 0 spiro atoms. The molecule has 0 saturated heterocycles. The van der Waals surface area contributed by atoms with E-state index in [2.05, 4.69) is 42.0 Å². The van der Waals surface area contributed by atoms with Gasteiger partial charge in [0.25, 0.3) is 0 Å². The number of hydrogen-bond acceptors (Lipinski definition) is 2. The monoisotopic (exact) mass is 256 g/mol. The third kappa shape index (κ3) is 4.49. The molecule has 0 saturated carbocycles. The summed E-state index contributed by atoms with van der Waals surface area (Å²) >= 11 is 7.04. The van der Waals surface area contributed by atoms with Crippen LogP contribution in [-0.2, 0) is 0 Å². The zero-order valence-electron chi connectivity index (χ0n) is 9.95. The Hall–Kier alpha value is -0.610. The molecule has 0 amide bonds. The Labute approximate surface area is 107 Å². The molecule has 4 heteroatoms. The first-order chi connectivity index (χ1) is 7.77. The summed E-state index contributed by atoms with van der Waals surface area (Å²) in [6.45, 7) is 5.31. The van der Waals surface area contributed by atoms with Crippen LogP contribution in [0.3, 0.4) is 0 Å². The molecule has 1 aromatic heterocycles. The smallest absolute Gasteiger partial charge is 0.166 e. The lowest BCUT2D eigenvalue weighted by Gasteiger charge is -2.18. The first kappa shape index (κ1) is 13.5. The van der Waals surface area contributed by atoms with E-state index in [0.29, 0.717) is 6.04 Å². The van der Waals surface area contributed by atoms with Crippen LogP contribution in [0.25, 0.3) is 0 Å². The summed E-state index contributed by atoms with van der Waals surface area (Å²) in [7, 11) is 0. The van der Waals surface area contributed by atoms with E-state index in [1.165, 1.54) is 11.3 Å². The Balaban J connectivity index is 2.36. The minimum Gasteiger partial charge on any atom is -0.363 e. The minimum atomic E-state index is 0.349. The summed E-state index contributed by atoms with van der Waals surface area (Å²) < 4.78 is 0. The molecule has 2 nitrogen and oxygen atoms in total. The highest BCUT2D eigenvalue weighted by Gasteiger charge is 2.10. The van der Waals surface area contributed by atoms with Gasteiger partial charge in [-0.2, -0.15) is 0 Å². The van der Waals surface area contributed by atoms with Gasteiger partial charge in [0.2, 0.25) is 0 Å². The van der Waals surface area contributed by atoms with Crippen LogP contribution in [0.4, 0.5) is 0 Å². The van der Waals surface area contributed by atoms with Crippen molar-refractivity contribution in [3.63, 3.8) is 0 Å². The van der Waals surface area contributed by atoms with E-state index in [1.807, 2.05) is 0 Å². The molecule has 1 rings (SSSR count). The summed E-state index contributed by atoms with van der Waals surface area (Å²) in [6.07, 6.45) is 3.41. The zero-order chi connectivity index (χ0) is 11.8. The number of thiocarbonyl (C=S) groups is 1. The van der Waals surface area contributed by atoms with E-state index in [1.54, 1.807) is 11.3 Å². The van der Waals surface area contributed by atoms with Gasteiger partial charge in [-0.3, -0.25) is 0 Å². The number of rotatable bonds is 6. The van der Waals surface area contributed by atoms with Crippen molar-refractivity contribution < 1.29 is 0 Å². The average Bonchev–Trinajstić information content (AvgIpc) is 2.79. The third-order valence-corrected chi connectivity index (χ3v) is 3.66. The zero-order valence-corrected chi connectivity index (χ0v) is 11.6. The molecule has 0 aliphatic rings. The van der Waals surface area contributed by atoms with Crippen LogP contribution in [-0.4, -0.2) is 11.7 Å². The fourth-order valence-corrected chi connectivity index (χ4v) is 2.56. The van der Waals surface area contributed by atoms with Crippen molar-refractivity contribution in [3.8, 4) is 0 Å². The highest BCUT2D eigenvalue weighted by Crippen LogP contribution is 2.21. The van der Waals surface area contributed by atoms with Gasteiger partial charge in [-0.15, -0.1) is 11.3 Å². The van der Waals surface area contributed by atoms with Crippen LogP contribution in [0.2, 0.25) is 0 Å². The predicted octanol–water partition coefficient (Wildman–Crippen LogP) is 3.46. The van der Waals surface area contributed by atoms with Crippen molar-refractivity contribution in [2.24, 2.45) is 0 Å². The van der Waals surface area contributed by atoms with Crippen molar-refractivity contribution >= 4 is 28.7 Å². The molecule has 0 bridgehead atoms. The number of unbranched alkanes of at least 4 members (excludes halogenated alkanes) is 1. The Bertz CT molecular complexity index is 296. The van der Waals surface area contributed by atoms with Crippen LogP contribution in [0.5, 0.6) is 0 Å². The van der Waals surface area contributed by atoms with Crippen LogP contribution in [0.1, 0.15) is 44.0 Å². The molecule has 0 fully saturated rings. The van der Waals surface area contributed by atoms with Gasteiger partial charge in [0, 0.05) is 11.4 Å². The maximum absolute atomic E-state index is 5.27. The van der Waals surface area contributed by atoms with E-state index in [4.69, 9.17) is 12.2 Å². The topological polar surface area (TPSA) is 24.1 Å². The van der Waals surface area contributed by atoms with Gasteiger partial charge in [0.15, 0.2) is 5.11 Å². The van der Waals surface area contributed by atoms with Gasteiger partial charge in [-0.25, -0.2) is 0 Å². The van der Waals surface area contributed by atoms with Crippen molar-refractivity contribution in [2.75, 3.05) is 6.54 Å². The largest absolute Gasteiger partial charge is 0.363 e. The lowest BCUT2D eigenvalue weighted by atomic mass is 10.2. The maximum Gasteiger partial charge on any atom is 0.166 e. The van der Waals surface area contributed by atoms with E-state index >= 15 is 0 Å². The van der Waals surface area contributed by atoms with Gasteiger partial charge in [-0.1, -0.05) is 26.3 Å². The van der Waals surface area contributed by atoms with Crippen LogP contribution >= 0.6 is 23.6 Å². The quantitative estimate of drug-likeness (QED) is 0.602. The van der Waals surface area contributed by atoms with E-state index in [0.717, 1.165) is 24.5 Å². The highest BCUT2D eigenvalue weighted by atomic mass is 32.1. The third-order valence-electron chi connectivity index (χ3n) is 2.42. The van der Waals surface area contributed by atoms with Crippen molar-refractivity contribution in [1.29, 1.82) is 0 Å². The highest BCUT2D eigenvalue weighted by molar-refractivity contribution is 7.80. The standard InChI is InChI=1S/C12H20N2S2/c1-3-5-8-13-12(15)14-10(4-2)11-7-6-9-16-11/h6-7,9-10H,3-5,8H2,1-2H3,(H2,13,14,15). The van der Waals surface area contributed by atoms with Crippen LogP contribution in [0, 0.1) is 0 Å². The molecule has 1 atom stereocenters. The van der Waals surface area contributed by atoms with Crippen molar-refractivity contribution in [2.45, 2.75) is 39.2 Å². The molecule has 1 aromatic rings. The second-order valence-electron chi connectivity index (χ2n) is 3.73. The summed E-state index contributed by atoms with van der Waals surface area (Å²) in [5, 5.41) is 9.47. The Morgan fingerprint density at radius 3 is 2.88 bits per heavy atom. The van der Waals surface area contributed by atoms with Gasteiger partial charge in [-0.05, 0) is 36.5 Å². The first-order valence-corrected chi connectivity index (χ1v) is 7.14. The Morgan fingerprint density at radius 2 is 2.31 bits per heavy atom. The van der Waals surface area contributed by atoms with Crippen molar-refractivity contribution in [3.05, 3.63) is 22.4 Å². The lowest BCUT2D eigenvalue weighted by Crippen LogP contribution is -2.37. The molecule has 2 N–H and O–H groups in total. The Kier molecular flexibility index (Phi) is 6.42. The summed E-state index contributed by atoms with van der Waals surface area (Å²) in [6, 6.07) is 4.58. The molecular formula is C12H20N2S2. The molecule has 16 heavy (non-hydrogen) atoms. The molecule has 1 heterocycles. The lowest BCUT2D eigenvalue weighted by molar-refractivity contribution is 0.622. The van der Waals surface area contributed by atoms with E-state index in [-0.39, 0.29) is 0 Å². The van der Waals surface area contributed by atoms with Crippen molar-refractivity contribution in [1.82, 2.24) is 10.6 Å². The summed E-state index contributed by atoms with van der Waals surface area (Å²) in [5.41, 5.74) is 0. The molecule has 0 aromatic carbocycles. The van der Waals surface area contributed by atoms with Crippen LogP contribution < -0.4 is 10.6 Å². The molecule has 1 unspecified atom stereocenters. The predicted molar refractivity (Wildman–Crippen MR) is 76.0 cm³/mol. The molecule has 0 aliphatic carbocycles. The molecule has 90 valence electrons. The second kappa shape index (κ2) is 7.63. The average molecular weight is 256 g/mol. The SMILES string of the molecule is CCCCNC(=S)NC(CC)c1cccs1. The molecule has 0 radical (unpaired) electrons. The maximum atomic E-state index is 5.27. The fraction of sp³-hybridized carbons (Fsp3) is 0.583. The number of nitrogens with one attached hydrogen (secondary N) is 2. The number of thiophene rings is 1. The van der Waals surface area contributed by atoms with Crippen LogP contribution in [0.15, 0.2) is 17.5 Å². The summed E-state index contributed by atoms with van der Waals surface area (Å²) in [4.78, 5) is 1.35. The first-order valence-electron chi connectivity index (χ1n) is 5.85. The molecule has 0 aliphatic heterocycles. The van der Waals surface area contributed by atoms with E-state index in [9.17, 15) is 0 Å². The van der Waals surface area contributed by atoms with Gasteiger partial charge in [0.05, 0.1) is 6.04 Å². The Morgan fingerprint density at radius 1 is 1.50 bits per heavy atom. The second-order valence-corrected chi connectivity index (χ2v) is 5.12. The van der Waals surface area contributed by atoms with Gasteiger partial charge in [0.1, 0.15) is 0 Å². The van der Waals surface area contributed by atoms with E-state index < -0.39 is 0 Å². The fourth-order valence-electron chi connectivity index (χ4n) is 1.45. The normalized spacial score (nSPS) is 12.1. The van der Waals surface area contributed by atoms with Gasteiger partial charge < -0.3 is 10.6 Å². The summed E-state index contributed by atoms with van der Waals surface area (Å²) in [5.74, 6) is 0. The molecular weight excluding hydrogens is 236 g/mol. The number of hydrogen-bond donors (Lipinski definition) is 2. The minimum absolute atomic E-state index is 0.349.